The minimum Gasteiger partial charge on any atom is -0.489 e. The van der Waals surface area contributed by atoms with E-state index in [0.717, 1.165) is 27.8 Å². The molecule has 0 spiro atoms. The van der Waals surface area contributed by atoms with Gasteiger partial charge in [-0.2, -0.15) is 0 Å². The van der Waals surface area contributed by atoms with E-state index in [4.69, 9.17) is 23.7 Å². The number of esters is 2. The quantitative estimate of drug-likeness (QED) is 0.103. The number of halogens is 1. The number of amides is 1. The molecule has 2 saturated heterocycles. The zero-order chi connectivity index (χ0) is 38.4. The summed E-state index contributed by atoms with van der Waals surface area (Å²) in [5.74, 6) is -0.854. The van der Waals surface area contributed by atoms with Gasteiger partial charge in [0.15, 0.2) is 6.10 Å². The van der Waals surface area contributed by atoms with Gasteiger partial charge in [0, 0.05) is 19.4 Å². The summed E-state index contributed by atoms with van der Waals surface area (Å²) in [6.45, 7) is 4.47. The van der Waals surface area contributed by atoms with Crippen molar-refractivity contribution in [3.05, 3.63) is 125 Å². The number of rotatable bonds is 13. The van der Waals surface area contributed by atoms with Crippen LogP contribution in [-0.4, -0.2) is 65.4 Å². The number of carbonyl (C=O) groups is 3. The molecule has 54 heavy (non-hydrogen) atoms. The number of ether oxygens (including phenoxy) is 5. The van der Waals surface area contributed by atoms with E-state index in [2.05, 4.69) is 12.2 Å². The van der Waals surface area contributed by atoms with Crippen molar-refractivity contribution in [2.24, 2.45) is 0 Å². The lowest BCUT2D eigenvalue weighted by Crippen LogP contribution is -2.56. The molecule has 8 atom stereocenters. The lowest BCUT2D eigenvalue weighted by molar-refractivity contribution is -0.242. The van der Waals surface area contributed by atoms with Gasteiger partial charge in [0.2, 0.25) is 0 Å². The third kappa shape index (κ3) is 9.25. The van der Waals surface area contributed by atoms with Gasteiger partial charge in [-0.15, -0.1) is 0 Å². The molecule has 4 unspecified atom stereocenters. The Morgan fingerprint density at radius 2 is 1.57 bits per heavy atom. The van der Waals surface area contributed by atoms with Crippen molar-refractivity contribution in [1.82, 2.24) is 5.32 Å². The van der Waals surface area contributed by atoms with Gasteiger partial charge in [-0.3, -0.25) is 9.59 Å². The third-order valence-corrected chi connectivity index (χ3v) is 9.83. The molecule has 0 aromatic heterocycles. The van der Waals surface area contributed by atoms with Gasteiger partial charge in [-0.25, -0.2) is 9.18 Å². The molecule has 0 bridgehead atoms. The second kappa shape index (κ2) is 17.2. The lowest BCUT2D eigenvalue weighted by atomic mass is 9.89. The second-order valence-electron chi connectivity index (χ2n) is 13.7. The molecular weight excluding hydrogens is 697 g/mol. The Morgan fingerprint density at radius 3 is 2.26 bits per heavy atom. The summed E-state index contributed by atoms with van der Waals surface area (Å²) in [5.41, 5.74) is 4.89. The van der Waals surface area contributed by atoms with Crippen molar-refractivity contribution in [1.29, 1.82) is 0 Å². The van der Waals surface area contributed by atoms with E-state index in [9.17, 15) is 29.0 Å². The van der Waals surface area contributed by atoms with E-state index in [-0.39, 0.29) is 24.9 Å². The smallest absolute Gasteiger partial charge is 0.408 e. The van der Waals surface area contributed by atoms with Gasteiger partial charge in [0.25, 0.3) is 0 Å². The van der Waals surface area contributed by atoms with Crippen molar-refractivity contribution >= 4 is 18.0 Å². The van der Waals surface area contributed by atoms with E-state index >= 15 is 0 Å². The zero-order valence-electron chi connectivity index (χ0n) is 30.2. The fraction of sp³-hybridized carbons (Fsp3) is 0.357. The number of carbonyl (C=O) groups excluding carboxylic acids is 3. The summed E-state index contributed by atoms with van der Waals surface area (Å²) in [5, 5.41) is 24.5. The summed E-state index contributed by atoms with van der Waals surface area (Å²) in [7, 11) is 0. The molecule has 2 aliphatic heterocycles. The average Bonchev–Trinajstić information content (AvgIpc) is 3.54. The predicted octanol–water partition coefficient (Wildman–Crippen LogP) is 6.46. The SMILES string of the molecule is CC(=O)OCC1OC(c2ccc(-c3ccc([C@H]4NC(=O)O[C@@H]4CCC(C)c4ccc(F)cc4)c(OCc4ccccc4)c3)cc2)[C@H](OC(C)=O)C(O)[C@@H]1O. The van der Waals surface area contributed by atoms with Crippen LogP contribution in [0.4, 0.5) is 9.18 Å². The average molecular weight is 742 g/mol. The zero-order valence-corrected chi connectivity index (χ0v) is 30.2. The number of hydrogen-bond acceptors (Lipinski definition) is 10. The number of cyclic esters (lactones) is 1. The van der Waals surface area contributed by atoms with Crippen molar-refractivity contribution in [3.8, 4) is 16.9 Å². The highest BCUT2D eigenvalue weighted by molar-refractivity contribution is 5.72. The van der Waals surface area contributed by atoms with Crippen molar-refractivity contribution in [2.75, 3.05) is 6.61 Å². The fourth-order valence-corrected chi connectivity index (χ4v) is 6.90. The highest BCUT2D eigenvalue weighted by Gasteiger charge is 2.47. The molecular formula is C42H44FNO10. The van der Waals surface area contributed by atoms with Crippen LogP contribution in [0.5, 0.6) is 5.75 Å². The number of aliphatic hydroxyl groups is 2. The summed E-state index contributed by atoms with van der Waals surface area (Å²) in [4.78, 5) is 36.0. The molecule has 2 fully saturated rings. The molecule has 0 saturated carbocycles. The van der Waals surface area contributed by atoms with Crippen LogP contribution in [0.25, 0.3) is 11.1 Å². The van der Waals surface area contributed by atoms with Crippen LogP contribution < -0.4 is 10.1 Å². The second-order valence-corrected chi connectivity index (χ2v) is 13.7. The first-order valence-electron chi connectivity index (χ1n) is 17.9. The molecule has 12 heteroatoms. The maximum absolute atomic E-state index is 13.5. The lowest BCUT2D eigenvalue weighted by Gasteiger charge is -2.42. The van der Waals surface area contributed by atoms with Crippen molar-refractivity contribution < 1.29 is 52.7 Å². The number of benzene rings is 4. The molecule has 4 aromatic carbocycles. The van der Waals surface area contributed by atoms with Crippen molar-refractivity contribution in [2.45, 2.75) is 88.8 Å². The van der Waals surface area contributed by atoms with Crippen LogP contribution in [0.15, 0.2) is 97.1 Å². The Kier molecular flexibility index (Phi) is 12.3. The van der Waals surface area contributed by atoms with E-state index in [0.29, 0.717) is 24.2 Å². The Labute approximate surface area is 313 Å². The van der Waals surface area contributed by atoms with E-state index in [1.54, 1.807) is 24.3 Å². The number of alkyl carbamates (subject to hydrolysis) is 1. The van der Waals surface area contributed by atoms with Crippen LogP contribution in [-0.2, 0) is 35.1 Å². The first-order valence-corrected chi connectivity index (χ1v) is 17.9. The van der Waals surface area contributed by atoms with Crippen LogP contribution >= 0.6 is 0 Å². The van der Waals surface area contributed by atoms with E-state index < -0.39 is 60.7 Å². The van der Waals surface area contributed by atoms with Crippen LogP contribution in [0.3, 0.4) is 0 Å². The van der Waals surface area contributed by atoms with Gasteiger partial charge in [-0.05, 0) is 64.8 Å². The summed E-state index contributed by atoms with van der Waals surface area (Å²) >= 11 is 0. The molecule has 6 rings (SSSR count). The number of aliphatic hydroxyl groups excluding tert-OH is 2. The highest BCUT2D eigenvalue weighted by Crippen LogP contribution is 2.39. The Hall–Kier alpha value is -5.30. The molecule has 2 heterocycles. The first-order chi connectivity index (χ1) is 26.0. The van der Waals surface area contributed by atoms with Crippen LogP contribution in [0.2, 0.25) is 0 Å². The van der Waals surface area contributed by atoms with Gasteiger partial charge in [0.05, 0.1) is 6.04 Å². The Balaban J connectivity index is 1.26. The Bertz CT molecular complexity index is 1900. The van der Waals surface area contributed by atoms with Gasteiger partial charge < -0.3 is 39.2 Å². The van der Waals surface area contributed by atoms with Gasteiger partial charge >= 0.3 is 18.0 Å². The fourth-order valence-electron chi connectivity index (χ4n) is 6.90. The maximum Gasteiger partial charge on any atom is 0.408 e. The molecule has 1 amide bonds. The Morgan fingerprint density at radius 1 is 0.870 bits per heavy atom. The highest BCUT2D eigenvalue weighted by atomic mass is 19.1. The first kappa shape index (κ1) is 38.4. The maximum atomic E-state index is 13.5. The van der Waals surface area contributed by atoms with Crippen molar-refractivity contribution in [3.63, 3.8) is 0 Å². The van der Waals surface area contributed by atoms with Gasteiger partial charge in [0.1, 0.15) is 55.3 Å². The van der Waals surface area contributed by atoms with Crippen LogP contribution in [0, 0.1) is 5.82 Å². The topological polar surface area (TPSA) is 150 Å². The monoisotopic (exact) mass is 741 g/mol. The summed E-state index contributed by atoms with van der Waals surface area (Å²) < 4.78 is 42.2. The van der Waals surface area contributed by atoms with E-state index in [1.165, 1.54) is 26.0 Å². The molecule has 0 radical (unpaired) electrons. The molecule has 2 aliphatic rings. The largest absolute Gasteiger partial charge is 0.489 e. The number of nitrogens with one attached hydrogen (secondary N) is 1. The summed E-state index contributed by atoms with van der Waals surface area (Å²) in [6.07, 6.45) is -5.93. The normalized spacial score (nSPS) is 24.2. The minimum atomic E-state index is -1.50. The number of hydrogen-bond donors (Lipinski definition) is 3. The molecule has 3 N–H and O–H groups in total. The summed E-state index contributed by atoms with van der Waals surface area (Å²) in [6, 6.07) is 28.6. The molecule has 0 aliphatic carbocycles. The van der Waals surface area contributed by atoms with E-state index in [1.807, 2.05) is 60.7 Å². The third-order valence-electron chi connectivity index (χ3n) is 9.83. The van der Waals surface area contributed by atoms with Crippen LogP contribution in [0.1, 0.15) is 73.9 Å². The molecule has 4 aromatic rings. The predicted molar refractivity (Wildman–Crippen MR) is 195 cm³/mol. The molecule has 11 nitrogen and oxygen atoms in total. The van der Waals surface area contributed by atoms with Gasteiger partial charge in [-0.1, -0.05) is 85.8 Å². The minimum absolute atomic E-state index is 0.112. The standard InChI is InChI=1S/C42H44FNO10/c1-24(28-14-17-32(43)18-15-28)9-20-34-37(44-42(49)54-34)33-19-16-31(21-35(33)51-22-27-7-5-4-6-8-27)29-10-12-30(13-11-29)40-41(52-26(3)46)39(48)38(47)36(53-40)23-50-25(2)45/h4-8,10-19,21,24,34,36-41,47-48H,9,20,22-23H2,1-3H3,(H,44,49)/t24?,34-,36?,37-,38-,39?,40?,41-/m1/s1. The molecule has 284 valence electrons.